The number of rotatable bonds is 22. The van der Waals surface area contributed by atoms with Crippen molar-refractivity contribution in [2.24, 2.45) is 0 Å². The quantitative estimate of drug-likeness (QED) is 0.0799. The fourth-order valence-electron chi connectivity index (χ4n) is 2.90. The predicted molar refractivity (Wildman–Crippen MR) is 157 cm³/mol. The van der Waals surface area contributed by atoms with Crippen LogP contribution < -0.4 is 16.0 Å². The lowest BCUT2D eigenvalue weighted by Gasteiger charge is -2.06. The number of esters is 1. The summed E-state index contributed by atoms with van der Waals surface area (Å²) in [6, 6.07) is 0. The smallest absolute Gasteiger partial charge is 0.330 e. The van der Waals surface area contributed by atoms with Crippen LogP contribution in [0.15, 0.2) is 85.1 Å². The van der Waals surface area contributed by atoms with Gasteiger partial charge in [-0.25, -0.2) is 4.79 Å². The molecule has 0 fully saturated rings. The van der Waals surface area contributed by atoms with Gasteiger partial charge in [-0.05, 0) is 44.9 Å². The standard InChI is InChI=1S/C31H47N3O4/c1-3-4-5-6-7-8-9-10-11-12-13-14-15-16-17-18-19-20-21-22-29(35)33-27-25-32-26-28-34-30(36)23-24-31(37)38-2/h4-5,7-8,10-11,13-14,16-17,19-20,23-24,32H,3,6,9,12,15,18,21-22,25-28H2,1-2H3,(H,33,35)(H,34,36). The molecule has 210 valence electrons. The summed E-state index contributed by atoms with van der Waals surface area (Å²) in [4.78, 5) is 34.2. The molecule has 0 aromatic carbocycles. The lowest BCUT2D eigenvalue weighted by Crippen LogP contribution is -2.36. The number of ether oxygens (including phenoxy) is 1. The Kier molecular flexibility index (Phi) is 25.6. The first-order valence-electron chi connectivity index (χ1n) is 13.5. The normalized spacial score (nSPS) is 12.4. The van der Waals surface area contributed by atoms with Crippen molar-refractivity contribution in [2.75, 3.05) is 33.3 Å². The molecular formula is C31H47N3O4. The van der Waals surface area contributed by atoms with Gasteiger partial charge in [-0.15, -0.1) is 0 Å². The summed E-state index contributed by atoms with van der Waals surface area (Å²) in [6.07, 6.45) is 35.2. The van der Waals surface area contributed by atoms with Gasteiger partial charge in [0.05, 0.1) is 7.11 Å². The molecule has 0 aliphatic carbocycles. The molecule has 3 N–H and O–H groups in total. The van der Waals surface area contributed by atoms with Crippen molar-refractivity contribution in [3.8, 4) is 0 Å². The van der Waals surface area contributed by atoms with E-state index in [2.05, 4.69) is 94.4 Å². The minimum Gasteiger partial charge on any atom is -0.466 e. The Morgan fingerprint density at radius 1 is 0.605 bits per heavy atom. The van der Waals surface area contributed by atoms with Crippen LogP contribution in [0.2, 0.25) is 0 Å². The molecule has 0 atom stereocenters. The van der Waals surface area contributed by atoms with E-state index < -0.39 is 5.97 Å². The van der Waals surface area contributed by atoms with Crippen LogP contribution in [0.5, 0.6) is 0 Å². The van der Waals surface area contributed by atoms with E-state index in [0.29, 0.717) is 32.6 Å². The molecule has 7 heteroatoms. The minimum absolute atomic E-state index is 0.0209. The molecule has 0 aliphatic rings. The summed E-state index contributed by atoms with van der Waals surface area (Å²) in [6.45, 7) is 4.26. The van der Waals surface area contributed by atoms with Gasteiger partial charge in [0.2, 0.25) is 11.8 Å². The van der Waals surface area contributed by atoms with Crippen molar-refractivity contribution in [3.05, 3.63) is 85.1 Å². The topological polar surface area (TPSA) is 96.5 Å². The highest BCUT2D eigenvalue weighted by molar-refractivity contribution is 5.94. The van der Waals surface area contributed by atoms with Crippen molar-refractivity contribution in [1.29, 1.82) is 0 Å². The van der Waals surface area contributed by atoms with Crippen LogP contribution in [0.3, 0.4) is 0 Å². The first kappa shape index (κ1) is 34.6. The van der Waals surface area contributed by atoms with E-state index in [1.165, 1.54) is 7.11 Å². The summed E-state index contributed by atoms with van der Waals surface area (Å²) in [5.41, 5.74) is 0. The van der Waals surface area contributed by atoms with Gasteiger partial charge in [-0.1, -0.05) is 79.8 Å². The molecule has 0 saturated carbocycles. The average molecular weight is 526 g/mol. The van der Waals surface area contributed by atoms with Gasteiger partial charge in [0.15, 0.2) is 0 Å². The Morgan fingerprint density at radius 2 is 1.08 bits per heavy atom. The first-order chi connectivity index (χ1) is 18.6. The van der Waals surface area contributed by atoms with Gasteiger partial charge < -0.3 is 20.7 Å². The van der Waals surface area contributed by atoms with E-state index in [0.717, 1.165) is 57.1 Å². The van der Waals surface area contributed by atoms with E-state index in [4.69, 9.17) is 0 Å². The van der Waals surface area contributed by atoms with Crippen molar-refractivity contribution in [2.45, 2.75) is 58.3 Å². The zero-order valence-corrected chi connectivity index (χ0v) is 23.2. The molecule has 0 unspecified atom stereocenters. The second-order valence-electron chi connectivity index (χ2n) is 8.20. The van der Waals surface area contributed by atoms with Crippen LogP contribution in [-0.2, 0) is 19.1 Å². The Labute approximate surface area is 229 Å². The lowest BCUT2D eigenvalue weighted by molar-refractivity contribution is -0.135. The number of nitrogens with one attached hydrogen (secondary N) is 3. The molecule has 38 heavy (non-hydrogen) atoms. The predicted octanol–water partition coefficient (Wildman–Crippen LogP) is 5.02. The molecule has 0 radical (unpaired) electrons. The van der Waals surface area contributed by atoms with Gasteiger partial charge >= 0.3 is 5.97 Å². The largest absolute Gasteiger partial charge is 0.466 e. The van der Waals surface area contributed by atoms with Crippen molar-refractivity contribution in [1.82, 2.24) is 16.0 Å². The van der Waals surface area contributed by atoms with Crippen LogP contribution >= 0.6 is 0 Å². The molecule has 0 spiro atoms. The number of carbonyl (C=O) groups excluding carboxylic acids is 3. The molecular weight excluding hydrogens is 478 g/mol. The average Bonchev–Trinajstić information content (AvgIpc) is 2.92. The Morgan fingerprint density at radius 3 is 1.58 bits per heavy atom. The maximum Gasteiger partial charge on any atom is 0.330 e. The summed E-state index contributed by atoms with van der Waals surface area (Å²) in [5, 5.41) is 8.62. The summed E-state index contributed by atoms with van der Waals surface area (Å²) in [7, 11) is 1.25. The summed E-state index contributed by atoms with van der Waals surface area (Å²) in [5.74, 6) is -0.915. The number of hydrogen-bond donors (Lipinski definition) is 3. The second kappa shape index (κ2) is 28.1. The minimum atomic E-state index is -0.574. The highest BCUT2D eigenvalue weighted by atomic mass is 16.5. The fourth-order valence-corrected chi connectivity index (χ4v) is 2.90. The van der Waals surface area contributed by atoms with Crippen LogP contribution in [-0.4, -0.2) is 51.1 Å². The summed E-state index contributed by atoms with van der Waals surface area (Å²) >= 11 is 0. The highest BCUT2D eigenvalue weighted by Gasteiger charge is 1.99. The first-order valence-corrected chi connectivity index (χ1v) is 13.5. The van der Waals surface area contributed by atoms with E-state index in [1.54, 1.807) is 0 Å². The third kappa shape index (κ3) is 27.1. The molecule has 0 heterocycles. The fraction of sp³-hybridized carbons (Fsp3) is 0.452. The number of allylic oxidation sites excluding steroid dienone is 12. The van der Waals surface area contributed by atoms with Gasteiger partial charge in [0, 0.05) is 44.8 Å². The maximum absolute atomic E-state index is 11.8. The van der Waals surface area contributed by atoms with E-state index in [9.17, 15) is 14.4 Å². The Balaban J connectivity index is 3.59. The third-order valence-corrected chi connectivity index (χ3v) is 4.93. The molecule has 7 nitrogen and oxygen atoms in total. The number of amides is 2. The third-order valence-electron chi connectivity index (χ3n) is 4.93. The number of hydrogen-bond acceptors (Lipinski definition) is 5. The molecule has 0 saturated heterocycles. The van der Waals surface area contributed by atoms with Crippen LogP contribution in [0, 0.1) is 0 Å². The second-order valence-corrected chi connectivity index (χ2v) is 8.20. The van der Waals surface area contributed by atoms with Crippen LogP contribution in [0.1, 0.15) is 58.3 Å². The molecule has 0 aromatic heterocycles. The molecule has 2 amide bonds. The molecule has 0 bridgehead atoms. The van der Waals surface area contributed by atoms with Gasteiger partial charge in [-0.3, -0.25) is 9.59 Å². The number of carbonyl (C=O) groups is 3. The maximum atomic E-state index is 11.8. The van der Waals surface area contributed by atoms with Crippen LogP contribution in [0.25, 0.3) is 0 Å². The van der Waals surface area contributed by atoms with E-state index >= 15 is 0 Å². The van der Waals surface area contributed by atoms with Gasteiger partial charge in [0.25, 0.3) is 0 Å². The summed E-state index contributed by atoms with van der Waals surface area (Å²) < 4.78 is 4.41. The van der Waals surface area contributed by atoms with Crippen molar-refractivity contribution >= 4 is 17.8 Å². The Hall–Kier alpha value is -3.45. The van der Waals surface area contributed by atoms with Crippen molar-refractivity contribution < 1.29 is 19.1 Å². The zero-order valence-electron chi connectivity index (χ0n) is 23.2. The molecule has 0 aliphatic heterocycles. The number of methoxy groups -OCH3 is 1. The lowest BCUT2D eigenvalue weighted by atomic mass is 10.2. The highest BCUT2D eigenvalue weighted by Crippen LogP contribution is 1.97. The van der Waals surface area contributed by atoms with Gasteiger partial charge in [0.1, 0.15) is 0 Å². The molecule has 0 rings (SSSR count). The van der Waals surface area contributed by atoms with Gasteiger partial charge in [-0.2, -0.15) is 0 Å². The molecule has 0 aromatic rings. The Bertz CT molecular complexity index is 836. The zero-order chi connectivity index (χ0) is 27.9. The monoisotopic (exact) mass is 525 g/mol. The van der Waals surface area contributed by atoms with E-state index in [-0.39, 0.29) is 11.8 Å². The van der Waals surface area contributed by atoms with Crippen molar-refractivity contribution in [3.63, 3.8) is 0 Å². The SMILES string of the molecule is CCC=CCC=CCC=CCC=CCC=CCC=CCCC(=O)NCCNCCNC(=O)C=CC(=O)OC. The van der Waals surface area contributed by atoms with Crippen LogP contribution in [0.4, 0.5) is 0 Å². The van der Waals surface area contributed by atoms with E-state index in [1.807, 2.05) is 6.08 Å².